The fourth-order valence-corrected chi connectivity index (χ4v) is 9.36. The zero-order chi connectivity index (χ0) is 43.3. The molecule has 0 bridgehead atoms. The highest BCUT2D eigenvalue weighted by Crippen LogP contribution is 2.47. The van der Waals surface area contributed by atoms with Gasteiger partial charge in [-0.15, -0.1) is 0 Å². The van der Waals surface area contributed by atoms with Crippen LogP contribution in [0.25, 0.3) is 76.8 Å². The molecule has 0 aliphatic rings. The van der Waals surface area contributed by atoms with Gasteiger partial charge >= 0.3 is 0 Å². The van der Waals surface area contributed by atoms with Crippen LogP contribution in [0.2, 0.25) is 0 Å². The van der Waals surface area contributed by atoms with E-state index in [1.807, 2.05) is 0 Å². The molecule has 1 heteroatoms. The number of rotatable bonds is 7. The number of hydrogen-bond acceptors (Lipinski definition) is 1. The summed E-state index contributed by atoms with van der Waals surface area (Å²) in [6, 6.07) is 78.6. The minimum Gasteiger partial charge on any atom is -0.310 e. The summed E-state index contributed by atoms with van der Waals surface area (Å²) in [7, 11) is 0. The second-order valence-corrected chi connectivity index (χ2v) is 19.0. The fourth-order valence-electron chi connectivity index (χ4n) is 9.36. The first-order valence-corrected chi connectivity index (χ1v) is 22.3. The predicted molar refractivity (Wildman–Crippen MR) is 273 cm³/mol. The average Bonchev–Trinajstić information content (AvgIpc) is 3.30. The molecule has 0 spiro atoms. The molecule has 0 unspecified atom stereocenters. The van der Waals surface area contributed by atoms with Crippen LogP contribution in [0, 0.1) is 0 Å². The first-order chi connectivity index (χ1) is 30.5. The molecular formula is C62H53N. The van der Waals surface area contributed by atoms with Crippen molar-refractivity contribution in [2.24, 2.45) is 0 Å². The Balaban J connectivity index is 1.22. The Morgan fingerprint density at radius 1 is 0.302 bits per heavy atom. The van der Waals surface area contributed by atoms with Crippen molar-refractivity contribution in [1.82, 2.24) is 0 Å². The lowest BCUT2D eigenvalue weighted by Gasteiger charge is -2.29. The number of nitrogens with zero attached hydrogens (tertiary/aromatic N) is 1. The van der Waals surface area contributed by atoms with Gasteiger partial charge in [-0.3, -0.25) is 0 Å². The maximum atomic E-state index is 2.47. The zero-order valence-corrected chi connectivity index (χ0v) is 37.2. The van der Waals surface area contributed by atoms with Gasteiger partial charge in [0.1, 0.15) is 0 Å². The molecule has 10 aromatic rings. The third kappa shape index (κ3) is 7.59. The van der Waals surface area contributed by atoms with E-state index in [0.717, 1.165) is 17.1 Å². The molecule has 10 aromatic carbocycles. The number of fused-ring (bicyclic) bond motifs is 3. The third-order valence-electron chi connectivity index (χ3n) is 12.7. The van der Waals surface area contributed by atoms with Crippen molar-refractivity contribution in [3.8, 4) is 44.5 Å². The van der Waals surface area contributed by atoms with E-state index in [9.17, 15) is 0 Å². The third-order valence-corrected chi connectivity index (χ3v) is 12.7. The summed E-state index contributed by atoms with van der Waals surface area (Å²) in [5.41, 5.74) is 15.7. The highest BCUT2D eigenvalue weighted by molar-refractivity contribution is 6.09. The molecule has 0 fully saturated rings. The molecule has 306 valence electrons. The lowest BCUT2D eigenvalue weighted by Crippen LogP contribution is -2.16. The molecule has 0 aromatic heterocycles. The maximum Gasteiger partial charge on any atom is 0.0540 e. The van der Waals surface area contributed by atoms with Crippen molar-refractivity contribution in [3.05, 3.63) is 223 Å². The lowest BCUT2D eigenvalue weighted by molar-refractivity contribution is 0.569. The number of para-hydroxylation sites is 1. The Morgan fingerprint density at radius 3 is 1.25 bits per heavy atom. The molecule has 0 atom stereocenters. The number of anilines is 3. The van der Waals surface area contributed by atoms with Crippen molar-refractivity contribution >= 4 is 49.4 Å². The van der Waals surface area contributed by atoms with Crippen molar-refractivity contribution < 1.29 is 0 Å². The Bertz CT molecular complexity index is 3150. The van der Waals surface area contributed by atoms with Crippen LogP contribution < -0.4 is 4.90 Å². The van der Waals surface area contributed by atoms with E-state index < -0.39 is 0 Å². The fraction of sp³-hybridized carbons (Fsp3) is 0.129. The molecular weight excluding hydrogens is 759 g/mol. The van der Waals surface area contributed by atoms with Gasteiger partial charge in [-0.1, -0.05) is 224 Å². The molecule has 0 amide bonds. The Hall–Kier alpha value is -7.22. The molecule has 0 N–H and O–H groups in total. The zero-order valence-electron chi connectivity index (χ0n) is 37.2. The van der Waals surface area contributed by atoms with E-state index >= 15 is 0 Å². The molecule has 1 nitrogen and oxygen atoms in total. The summed E-state index contributed by atoms with van der Waals surface area (Å²) in [6.45, 7) is 13.9. The van der Waals surface area contributed by atoms with Crippen LogP contribution in [0.5, 0.6) is 0 Å². The summed E-state index contributed by atoms with van der Waals surface area (Å²) < 4.78 is 0. The summed E-state index contributed by atoms with van der Waals surface area (Å²) in [6.07, 6.45) is 0. The van der Waals surface area contributed by atoms with Crippen molar-refractivity contribution in [1.29, 1.82) is 0 Å². The van der Waals surface area contributed by atoms with Gasteiger partial charge in [-0.2, -0.15) is 0 Å². The van der Waals surface area contributed by atoms with Crippen molar-refractivity contribution in [2.75, 3.05) is 4.90 Å². The van der Waals surface area contributed by atoms with Gasteiger partial charge in [0.2, 0.25) is 0 Å². The van der Waals surface area contributed by atoms with E-state index in [2.05, 4.69) is 259 Å². The molecule has 0 saturated carbocycles. The van der Waals surface area contributed by atoms with Gasteiger partial charge in [0.25, 0.3) is 0 Å². The van der Waals surface area contributed by atoms with Crippen LogP contribution in [-0.2, 0) is 10.8 Å². The molecule has 0 saturated heterocycles. The predicted octanol–water partition coefficient (Wildman–Crippen LogP) is 17.9. The Morgan fingerprint density at radius 2 is 0.714 bits per heavy atom. The van der Waals surface area contributed by atoms with E-state index in [0.29, 0.717) is 0 Å². The van der Waals surface area contributed by atoms with E-state index in [1.165, 1.54) is 88.0 Å². The largest absolute Gasteiger partial charge is 0.310 e. The first-order valence-electron chi connectivity index (χ1n) is 22.3. The number of benzene rings is 10. The topological polar surface area (TPSA) is 3.24 Å². The van der Waals surface area contributed by atoms with Crippen LogP contribution in [0.3, 0.4) is 0 Å². The van der Waals surface area contributed by atoms with Crippen LogP contribution in [0.4, 0.5) is 17.1 Å². The Labute approximate surface area is 372 Å². The minimum absolute atomic E-state index is 0.00231. The standard InChI is InChI=1S/C62H53N/c1-61(2,3)48-37-47(38-49(41-48)62(4,5)6)56-34-17-23-44-24-18-35-58(60(44)56)57-31-11-12-36-59(57)63(50-27-13-25-45(39-50)54-32-15-21-42-19-7-9-29-52(42)54)51-28-14-26-46(40-51)55-33-16-22-43-20-8-10-30-53(43)55/h7-41H,1-6H3. The molecule has 63 heavy (non-hydrogen) atoms. The van der Waals surface area contributed by atoms with Crippen LogP contribution in [0.15, 0.2) is 212 Å². The molecule has 0 heterocycles. The molecule has 0 radical (unpaired) electrons. The lowest BCUT2D eigenvalue weighted by atomic mass is 9.78. The van der Waals surface area contributed by atoms with Crippen LogP contribution in [-0.4, -0.2) is 0 Å². The van der Waals surface area contributed by atoms with Crippen LogP contribution >= 0.6 is 0 Å². The quantitative estimate of drug-likeness (QED) is 0.155. The van der Waals surface area contributed by atoms with Crippen molar-refractivity contribution in [3.63, 3.8) is 0 Å². The molecule has 0 aliphatic carbocycles. The normalized spacial score (nSPS) is 12.0. The van der Waals surface area contributed by atoms with Gasteiger partial charge in [-0.05, 0) is 124 Å². The first kappa shape index (κ1) is 39.9. The summed E-state index contributed by atoms with van der Waals surface area (Å²) in [5, 5.41) is 7.44. The van der Waals surface area contributed by atoms with Crippen LogP contribution in [0.1, 0.15) is 52.7 Å². The second-order valence-electron chi connectivity index (χ2n) is 19.0. The SMILES string of the molecule is CC(C)(C)c1cc(-c2cccc3cccc(-c4ccccc4N(c4cccc(-c5cccc6ccccc56)c4)c4cccc(-c5cccc6ccccc56)c4)c23)cc(C(C)(C)C)c1. The summed E-state index contributed by atoms with van der Waals surface area (Å²) in [5.74, 6) is 0. The highest BCUT2D eigenvalue weighted by atomic mass is 15.1. The minimum atomic E-state index is -0.00231. The van der Waals surface area contributed by atoms with E-state index in [1.54, 1.807) is 0 Å². The van der Waals surface area contributed by atoms with Gasteiger partial charge in [0.15, 0.2) is 0 Å². The van der Waals surface area contributed by atoms with Gasteiger partial charge in [0, 0.05) is 16.9 Å². The average molecular weight is 812 g/mol. The maximum absolute atomic E-state index is 2.47. The second kappa shape index (κ2) is 15.9. The monoisotopic (exact) mass is 811 g/mol. The summed E-state index contributed by atoms with van der Waals surface area (Å²) in [4.78, 5) is 2.47. The molecule has 0 aliphatic heterocycles. The van der Waals surface area contributed by atoms with Gasteiger partial charge in [0.05, 0.1) is 5.69 Å². The molecule has 10 rings (SSSR count). The highest BCUT2D eigenvalue weighted by Gasteiger charge is 2.24. The Kier molecular flexibility index (Phi) is 10.1. The number of hydrogen-bond donors (Lipinski definition) is 0. The summed E-state index contributed by atoms with van der Waals surface area (Å²) >= 11 is 0. The van der Waals surface area contributed by atoms with E-state index in [4.69, 9.17) is 0 Å². The van der Waals surface area contributed by atoms with E-state index in [-0.39, 0.29) is 10.8 Å². The van der Waals surface area contributed by atoms with Gasteiger partial charge < -0.3 is 4.90 Å². The smallest absolute Gasteiger partial charge is 0.0540 e. The van der Waals surface area contributed by atoms with Gasteiger partial charge in [-0.25, -0.2) is 0 Å². The van der Waals surface area contributed by atoms with Crippen molar-refractivity contribution in [2.45, 2.75) is 52.4 Å².